The molecule has 0 atom stereocenters. The first-order valence-corrected chi connectivity index (χ1v) is 8.31. The standard InChI is InChI=1S/C14H16F3N5OS/c1-9-18-13(24-20-9)21-6-4-10(5-7-21)8-22-12(23)3-2-11(19-22)14(15,16)17/h2-3,10H,4-8H2,1H3. The quantitative estimate of drug-likeness (QED) is 0.842. The Hall–Kier alpha value is -1.97. The molecule has 1 aliphatic rings. The SMILES string of the molecule is Cc1nsc(N2CCC(Cn3nc(C(F)(F)F)ccc3=O)CC2)n1. The smallest absolute Gasteiger partial charge is 0.347 e. The zero-order valence-corrected chi connectivity index (χ0v) is 13.8. The van der Waals surface area contributed by atoms with Gasteiger partial charge in [-0.1, -0.05) is 0 Å². The minimum Gasteiger partial charge on any atom is -0.347 e. The Balaban J connectivity index is 1.65. The van der Waals surface area contributed by atoms with E-state index in [1.54, 1.807) is 0 Å². The Kier molecular flexibility index (Phi) is 4.57. The van der Waals surface area contributed by atoms with Gasteiger partial charge >= 0.3 is 6.18 Å². The van der Waals surface area contributed by atoms with Gasteiger partial charge < -0.3 is 4.90 Å². The van der Waals surface area contributed by atoms with E-state index in [4.69, 9.17) is 0 Å². The molecule has 2 aromatic rings. The lowest BCUT2D eigenvalue weighted by Gasteiger charge is -2.31. The van der Waals surface area contributed by atoms with Crippen molar-refractivity contribution in [3.05, 3.63) is 34.0 Å². The molecule has 0 radical (unpaired) electrons. The second kappa shape index (κ2) is 6.50. The lowest BCUT2D eigenvalue weighted by atomic mass is 9.97. The highest BCUT2D eigenvalue weighted by molar-refractivity contribution is 7.09. The highest BCUT2D eigenvalue weighted by Crippen LogP contribution is 2.27. The number of aryl methyl sites for hydroxylation is 1. The molecule has 3 rings (SSSR count). The number of hydrogen-bond donors (Lipinski definition) is 0. The van der Waals surface area contributed by atoms with Gasteiger partial charge in [-0.05, 0) is 31.7 Å². The van der Waals surface area contributed by atoms with Crippen LogP contribution >= 0.6 is 11.5 Å². The number of hydrogen-bond acceptors (Lipinski definition) is 6. The minimum absolute atomic E-state index is 0.115. The van der Waals surface area contributed by atoms with Gasteiger partial charge in [-0.25, -0.2) is 9.67 Å². The molecular weight excluding hydrogens is 343 g/mol. The molecule has 0 bridgehead atoms. The average Bonchev–Trinajstić information content (AvgIpc) is 2.95. The first-order valence-electron chi connectivity index (χ1n) is 7.53. The van der Waals surface area contributed by atoms with Crippen LogP contribution in [0.3, 0.4) is 0 Å². The Bertz CT molecular complexity index is 764. The largest absolute Gasteiger partial charge is 0.435 e. The highest BCUT2D eigenvalue weighted by atomic mass is 32.1. The normalized spacial score (nSPS) is 16.6. The van der Waals surface area contributed by atoms with E-state index < -0.39 is 17.4 Å². The summed E-state index contributed by atoms with van der Waals surface area (Å²) in [5.41, 5.74) is -1.55. The molecule has 24 heavy (non-hydrogen) atoms. The summed E-state index contributed by atoms with van der Waals surface area (Å²) in [6.45, 7) is 3.52. The lowest BCUT2D eigenvalue weighted by Crippen LogP contribution is -2.37. The van der Waals surface area contributed by atoms with Gasteiger partial charge in [0.1, 0.15) is 5.82 Å². The second-order valence-electron chi connectivity index (χ2n) is 5.79. The molecule has 1 fully saturated rings. The van der Waals surface area contributed by atoms with Crippen molar-refractivity contribution in [1.82, 2.24) is 19.1 Å². The van der Waals surface area contributed by atoms with Crippen molar-refractivity contribution in [3.63, 3.8) is 0 Å². The first kappa shape index (κ1) is 16.9. The van der Waals surface area contributed by atoms with Crippen LogP contribution in [0.15, 0.2) is 16.9 Å². The summed E-state index contributed by atoms with van der Waals surface area (Å²) >= 11 is 1.34. The van der Waals surface area contributed by atoms with Crippen LogP contribution in [0.4, 0.5) is 18.3 Å². The monoisotopic (exact) mass is 359 g/mol. The van der Waals surface area contributed by atoms with Crippen molar-refractivity contribution < 1.29 is 13.2 Å². The maximum Gasteiger partial charge on any atom is 0.435 e. The van der Waals surface area contributed by atoms with Crippen molar-refractivity contribution in [3.8, 4) is 0 Å². The fourth-order valence-corrected chi connectivity index (χ4v) is 3.42. The molecule has 0 N–H and O–H groups in total. The third kappa shape index (κ3) is 3.74. The van der Waals surface area contributed by atoms with Crippen molar-refractivity contribution in [2.75, 3.05) is 18.0 Å². The molecule has 0 saturated carbocycles. The van der Waals surface area contributed by atoms with Gasteiger partial charge in [-0.3, -0.25) is 4.79 Å². The third-order valence-electron chi connectivity index (χ3n) is 3.99. The van der Waals surface area contributed by atoms with Crippen LogP contribution in [0, 0.1) is 12.8 Å². The van der Waals surface area contributed by atoms with Crippen LogP contribution in [0.1, 0.15) is 24.4 Å². The first-order chi connectivity index (χ1) is 11.3. The summed E-state index contributed by atoms with van der Waals surface area (Å²) in [5.74, 6) is 0.848. The number of halogens is 3. The molecule has 6 nitrogen and oxygen atoms in total. The number of anilines is 1. The van der Waals surface area contributed by atoms with Gasteiger partial charge in [0.2, 0.25) is 5.13 Å². The van der Waals surface area contributed by atoms with E-state index in [0.717, 1.165) is 53.7 Å². The minimum atomic E-state index is -4.55. The maximum absolute atomic E-state index is 12.7. The van der Waals surface area contributed by atoms with Crippen molar-refractivity contribution in [2.45, 2.75) is 32.5 Å². The van der Waals surface area contributed by atoms with Crippen molar-refractivity contribution in [1.29, 1.82) is 0 Å². The Labute approximate surface area is 140 Å². The van der Waals surface area contributed by atoms with Crippen molar-refractivity contribution >= 4 is 16.7 Å². The topological polar surface area (TPSA) is 63.9 Å². The highest BCUT2D eigenvalue weighted by Gasteiger charge is 2.33. The lowest BCUT2D eigenvalue weighted by molar-refractivity contribution is -0.142. The number of piperidine rings is 1. The van der Waals surface area contributed by atoms with E-state index >= 15 is 0 Å². The molecule has 10 heteroatoms. The number of alkyl halides is 3. The second-order valence-corrected chi connectivity index (χ2v) is 6.52. The summed E-state index contributed by atoms with van der Waals surface area (Å²) < 4.78 is 43.2. The molecule has 0 aliphatic carbocycles. The zero-order chi connectivity index (χ0) is 17.3. The van der Waals surface area contributed by atoms with Gasteiger partial charge in [-0.15, -0.1) is 0 Å². The van der Waals surface area contributed by atoms with Gasteiger partial charge in [-0.2, -0.15) is 22.6 Å². The maximum atomic E-state index is 12.7. The predicted molar refractivity (Wildman–Crippen MR) is 83.1 cm³/mol. The predicted octanol–water partition coefficient (Wildman–Crippen LogP) is 2.34. The molecule has 0 spiro atoms. The number of nitrogens with zero attached hydrogens (tertiary/aromatic N) is 5. The molecule has 0 aromatic carbocycles. The molecule has 0 unspecified atom stereocenters. The summed E-state index contributed by atoms with van der Waals surface area (Å²) in [6, 6.07) is 1.65. The fourth-order valence-electron chi connectivity index (χ4n) is 2.70. The molecule has 130 valence electrons. The van der Waals surface area contributed by atoms with E-state index in [1.807, 2.05) is 6.92 Å². The van der Waals surface area contributed by atoms with Crippen LogP contribution in [0.2, 0.25) is 0 Å². The van der Waals surface area contributed by atoms with E-state index in [2.05, 4.69) is 19.4 Å². The average molecular weight is 359 g/mol. The summed E-state index contributed by atoms with van der Waals surface area (Å²) in [7, 11) is 0. The van der Waals surface area contributed by atoms with Crippen molar-refractivity contribution in [2.24, 2.45) is 5.92 Å². The third-order valence-corrected chi connectivity index (χ3v) is 4.86. The molecular formula is C14H16F3N5OS. The van der Waals surface area contributed by atoms with Gasteiger partial charge in [0.15, 0.2) is 5.69 Å². The fraction of sp³-hybridized carbons (Fsp3) is 0.571. The number of aromatic nitrogens is 4. The van der Waals surface area contributed by atoms with Crippen LogP contribution in [-0.2, 0) is 12.7 Å². The summed E-state index contributed by atoms with van der Waals surface area (Å²) in [5, 5.41) is 4.32. The molecule has 1 aliphatic heterocycles. The van der Waals surface area contributed by atoms with E-state index in [-0.39, 0.29) is 12.5 Å². The van der Waals surface area contributed by atoms with Crippen LogP contribution < -0.4 is 10.5 Å². The van der Waals surface area contributed by atoms with Gasteiger partial charge in [0.05, 0.1) is 0 Å². The van der Waals surface area contributed by atoms with E-state index in [9.17, 15) is 18.0 Å². The Morgan fingerprint density at radius 3 is 2.58 bits per heavy atom. The van der Waals surface area contributed by atoms with Crippen LogP contribution in [0.5, 0.6) is 0 Å². The van der Waals surface area contributed by atoms with E-state index in [1.165, 1.54) is 11.5 Å². The van der Waals surface area contributed by atoms with Gasteiger partial charge in [0, 0.05) is 37.2 Å². The molecule has 2 aromatic heterocycles. The van der Waals surface area contributed by atoms with Crippen LogP contribution in [-0.4, -0.2) is 32.2 Å². The molecule has 0 amide bonds. The Morgan fingerprint density at radius 1 is 1.29 bits per heavy atom. The van der Waals surface area contributed by atoms with E-state index in [0.29, 0.717) is 0 Å². The number of rotatable bonds is 3. The summed E-state index contributed by atoms with van der Waals surface area (Å²) in [6.07, 6.45) is -3.01. The Morgan fingerprint density at radius 2 is 2.00 bits per heavy atom. The van der Waals surface area contributed by atoms with Gasteiger partial charge in [0.25, 0.3) is 5.56 Å². The van der Waals surface area contributed by atoms with Crippen LogP contribution in [0.25, 0.3) is 0 Å². The zero-order valence-electron chi connectivity index (χ0n) is 13.0. The molecule has 1 saturated heterocycles. The molecule has 3 heterocycles. The summed E-state index contributed by atoms with van der Waals surface area (Å²) in [4.78, 5) is 18.2.